The Hall–Kier alpha value is -1.15. The number of carbonyl (C=O) groups excluding carboxylic acids is 1. The van der Waals surface area contributed by atoms with E-state index in [1.807, 2.05) is 6.92 Å². The van der Waals surface area contributed by atoms with Crippen LogP contribution in [0.5, 0.6) is 0 Å². The summed E-state index contributed by atoms with van der Waals surface area (Å²) in [5, 5.41) is 58.1. The van der Waals surface area contributed by atoms with Crippen molar-refractivity contribution in [1.29, 1.82) is 0 Å². The third kappa shape index (κ3) is 7.72. The van der Waals surface area contributed by atoms with Crippen LogP contribution >= 0.6 is 0 Å². The number of rotatable bonds is 10. The SMILES string of the molecule is CC(CCCCC=CC(=O)OC1OC(CO)C(O)C(O)C1O)OC1OC(C)C(O)CC1O. The fourth-order valence-electron chi connectivity index (χ4n) is 3.55. The lowest BCUT2D eigenvalue weighted by atomic mass is 9.99. The summed E-state index contributed by atoms with van der Waals surface area (Å²) < 4.78 is 21.3. The van der Waals surface area contributed by atoms with E-state index in [0.29, 0.717) is 12.8 Å². The molecule has 2 aliphatic heterocycles. The second-order valence-corrected chi connectivity index (χ2v) is 8.35. The average Bonchev–Trinajstić information content (AvgIpc) is 2.74. The van der Waals surface area contributed by atoms with E-state index in [1.165, 1.54) is 6.08 Å². The van der Waals surface area contributed by atoms with Crippen molar-refractivity contribution in [2.75, 3.05) is 6.61 Å². The van der Waals surface area contributed by atoms with Gasteiger partial charge in [-0.25, -0.2) is 4.79 Å². The van der Waals surface area contributed by atoms with E-state index in [9.17, 15) is 30.3 Å². The molecule has 10 unspecified atom stereocenters. The van der Waals surface area contributed by atoms with E-state index in [-0.39, 0.29) is 12.5 Å². The molecular formula is C21H36O11. The molecule has 2 heterocycles. The zero-order chi connectivity index (χ0) is 23.8. The molecule has 11 nitrogen and oxygen atoms in total. The standard InChI is InChI=1S/C21H36O11/c1-11(29-20-14(24)9-13(23)12(2)30-20)7-5-3-4-6-8-16(25)32-21-19(28)18(27)17(26)15(10-22)31-21/h6,8,11-15,17-24,26-28H,3-5,7,9-10H2,1-2H3. The van der Waals surface area contributed by atoms with E-state index < -0.39 is 67.9 Å². The molecule has 32 heavy (non-hydrogen) atoms. The smallest absolute Gasteiger partial charge is 0.332 e. The number of aliphatic hydroxyl groups excluding tert-OH is 6. The quantitative estimate of drug-likeness (QED) is 0.129. The first kappa shape index (κ1) is 27.1. The lowest BCUT2D eigenvalue weighted by molar-refractivity contribution is -0.291. The van der Waals surface area contributed by atoms with Gasteiger partial charge in [-0.2, -0.15) is 0 Å². The van der Waals surface area contributed by atoms with E-state index in [4.69, 9.17) is 24.1 Å². The van der Waals surface area contributed by atoms with Gasteiger partial charge in [0.25, 0.3) is 0 Å². The zero-order valence-corrected chi connectivity index (χ0v) is 18.4. The first-order chi connectivity index (χ1) is 15.1. The topological polar surface area (TPSA) is 175 Å². The molecule has 0 spiro atoms. The zero-order valence-electron chi connectivity index (χ0n) is 18.4. The van der Waals surface area contributed by atoms with Crippen LogP contribution in [-0.2, 0) is 23.7 Å². The molecule has 0 bridgehead atoms. The van der Waals surface area contributed by atoms with Gasteiger partial charge in [0.15, 0.2) is 6.29 Å². The third-order valence-corrected chi connectivity index (χ3v) is 5.62. The lowest BCUT2D eigenvalue weighted by Gasteiger charge is -2.38. The van der Waals surface area contributed by atoms with Crippen molar-refractivity contribution >= 4 is 5.97 Å². The van der Waals surface area contributed by atoms with Crippen molar-refractivity contribution in [3.05, 3.63) is 12.2 Å². The predicted molar refractivity (Wildman–Crippen MR) is 109 cm³/mol. The van der Waals surface area contributed by atoms with Gasteiger partial charge in [-0.15, -0.1) is 0 Å². The summed E-state index contributed by atoms with van der Waals surface area (Å²) in [6.07, 6.45) is -4.45. The molecule has 186 valence electrons. The van der Waals surface area contributed by atoms with Crippen molar-refractivity contribution in [2.45, 2.75) is 107 Å². The molecule has 2 rings (SSSR count). The molecule has 0 amide bonds. The van der Waals surface area contributed by atoms with Gasteiger partial charge in [-0.3, -0.25) is 0 Å². The van der Waals surface area contributed by atoms with Crippen LogP contribution in [0.1, 0.15) is 46.0 Å². The number of carbonyl (C=O) groups is 1. The highest BCUT2D eigenvalue weighted by atomic mass is 16.7. The van der Waals surface area contributed by atoms with Crippen LogP contribution in [0.3, 0.4) is 0 Å². The number of hydrogen-bond acceptors (Lipinski definition) is 11. The largest absolute Gasteiger partial charge is 0.430 e. The third-order valence-electron chi connectivity index (χ3n) is 5.62. The summed E-state index contributed by atoms with van der Waals surface area (Å²) in [5.74, 6) is -0.786. The monoisotopic (exact) mass is 464 g/mol. The predicted octanol–water partition coefficient (Wildman–Crippen LogP) is -1.29. The molecule has 2 fully saturated rings. The second-order valence-electron chi connectivity index (χ2n) is 8.35. The van der Waals surface area contributed by atoms with E-state index in [1.54, 1.807) is 13.0 Å². The van der Waals surface area contributed by atoms with Gasteiger partial charge in [-0.05, 0) is 33.1 Å². The van der Waals surface area contributed by atoms with Crippen molar-refractivity contribution < 1.29 is 54.4 Å². The van der Waals surface area contributed by atoms with E-state index in [2.05, 4.69) is 0 Å². The maximum absolute atomic E-state index is 11.9. The normalized spacial score (nSPS) is 39.2. The van der Waals surface area contributed by atoms with Crippen LogP contribution in [-0.4, -0.2) is 105 Å². The van der Waals surface area contributed by atoms with Gasteiger partial charge < -0.3 is 49.6 Å². The highest BCUT2D eigenvalue weighted by Crippen LogP contribution is 2.24. The fourth-order valence-corrected chi connectivity index (χ4v) is 3.55. The van der Waals surface area contributed by atoms with Gasteiger partial charge in [0.05, 0.1) is 24.9 Å². The first-order valence-corrected chi connectivity index (χ1v) is 11.0. The highest BCUT2D eigenvalue weighted by Gasteiger charge is 2.45. The van der Waals surface area contributed by atoms with Gasteiger partial charge in [0.2, 0.25) is 6.29 Å². The van der Waals surface area contributed by atoms with Crippen LogP contribution in [0.4, 0.5) is 0 Å². The summed E-state index contributed by atoms with van der Waals surface area (Å²) in [6, 6.07) is 0. The molecule has 2 aliphatic rings. The second kappa shape index (κ2) is 12.9. The van der Waals surface area contributed by atoms with E-state index >= 15 is 0 Å². The molecule has 11 heteroatoms. The molecule has 0 aromatic carbocycles. The Bertz CT molecular complexity index is 598. The Balaban J connectivity index is 1.63. The Morgan fingerprint density at radius 3 is 2.44 bits per heavy atom. The molecule has 6 N–H and O–H groups in total. The lowest BCUT2D eigenvalue weighted by Crippen LogP contribution is -2.59. The van der Waals surface area contributed by atoms with Gasteiger partial charge in [-0.1, -0.05) is 12.5 Å². The maximum atomic E-state index is 11.9. The fraction of sp³-hybridized carbons (Fsp3) is 0.857. The Kier molecular flexibility index (Phi) is 10.9. The number of hydrogen-bond donors (Lipinski definition) is 6. The van der Waals surface area contributed by atoms with Crippen LogP contribution in [0, 0.1) is 0 Å². The molecule has 10 atom stereocenters. The molecular weight excluding hydrogens is 428 g/mol. The Labute approximate surface area is 187 Å². The maximum Gasteiger partial charge on any atom is 0.332 e. The van der Waals surface area contributed by atoms with Crippen LogP contribution in [0.2, 0.25) is 0 Å². The molecule has 2 saturated heterocycles. The summed E-state index contributed by atoms with van der Waals surface area (Å²) in [6.45, 7) is 3.00. The summed E-state index contributed by atoms with van der Waals surface area (Å²) >= 11 is 0. The highest BCUT2D eigenvalue weighted by molar-refractivity contribution is 5.82. The number of allylic oxidation sites excluding steroid dienone is 1. The molecule has 0 aliphatic carbocycles. The van der Waals surface area contributed by atoms with Crippen LogP contribution < -0.4 is 0 Å². The average molecular weight is 465 g/mol. The van der Waals surface area contributed by atoms with Crippen LogP contribution in [0.15, 0.2) is 12.2 Å². The minimum atomic E-state index is -1.63. The first-order valence-electron chi connectivity index (χ1n) is 11.0. The minimum absolute atomic E-state index is 0.155. The van der Waals surface area contributed by atoms with Crippen LogP contribution in [0.25, 0.3) is 0 Å². The Morgan fingerprint density at radius 1 is 1.03 bits per heavy atom. The van der Waals surface area contributed by atoms with Crippen molar-refractivity contribution in [3.63, 3.8) is 0 Å². The molecule has 0 aromatic heterocycles. The summed E-state index contributed by atoms with van der Waals surface area (Å²) in [7, 11) is 0. The Morgan fingerprint density at radius 2 is 1.75 bits per heavy atom. The number of ether oxygens (including phenoxy) is 4. The van der Waals surface area contributed by atoms with Gasteiger partial charge >= 0.3 is 5.97 Å². The number of unbranched alkanes of at least 4 members (excludes halogenated alkanes) is 2. The summed E-state index contributed by atoms with van der Waals surface area (Å²) in [5.41, 5.74) is 0. The minimum Gasteiger partial charge on any atom is -0.430 e. The molecule has 0 saturated carbocycles. The van der Waals surface area contributed by atoms with E-state index in [0.717, 1.165) is 12.8 Å². The molecule has 0 aromatic rings. The van der Waals surface area contributed by atoms with Gasteiger partial charge in [0, 0.05) is 12.5 Å². The van der Waals surface area contributed by atoms with Gasteiger partial charge in [0.1, 0.15) is 30.5 Å². The van der Waals surface area contributed by atoms with Crippen molar-refractivity contribution in [3.8, 4) is 0 Å². The summed E-state index contributed by atoms with van der Waals surface area (Å²) in [4.78, 5) is 11.9. The van der Waals surface area contributed by atoms with Crippen molar-refractivity contribution in [1.82, 2.24) is 0 Å². The molecule has 0 radical (unpaired) electrons. The number of aliphatic hydroxyl groups is 6. The number of esters is 1. The van der Waals surface area contributed by atoms with Crippen molar-refractivity contribution in [2.24, 2.45) is 0 Å².